The van der Waals surface area contributed by atoms with Crippen molar-refractivity contribution >= 4 is 34.7 Å². The van der Waals surface area contributed by atoms with Crippen LogP contribution in [0.15, 0.2) is 65.1 Å². The predicted molar refractivity (Wildman–Crippen MR) is 120 cm³/mol. The number of nitrogens with one attached hydrogen (secondary N) is 1. The number of rotatable bonds is 6. The minimum absolute atomic E-state index is 0.0701. The van der Waals surface area contributed by atoms with E-state index in [9.17, 15) is 31.5 Å². The van der Waals surface area contributed by atoms with Gasteiger partial charge in [-0.1, -0.05) is 6.07 Å². The molecule has 0 aliphatic carbocycles. The number of benzene rings is 3. The molecule has 0 aliphatic heterocycles. The third-order valence-corrected chi connectivity index (χ3v) is 4.96. The maximum atomic E-state index is 14.6. The van der Waals surface area contributed by atoms with Gasteiger partial charge in [-0.2, -0.15) is 13.2 Å². The van der Waals surface area contributed by atoms with Crippen molar-refractivity contribution < 1.29 is 41.1 Å². The van der Waals surface area contributed by atoms with E-state index in [2.05, 4.69) is 10.3 Å². The number of hydrogen-bond acceptors (Lipinski definition) is 4. The number of aromatic nitrogens is 1. The fourth-order valence-electron chi connectivity index (χ4n) is 3.35. The second kappa shape index (κ2) is 9.61. The van der Waals surface area contributed by atoms with Crippen molar-refractivity contribution in [2.75, 3.05) is 5.32 Å². The number of amides is 1. The van der Waals surface area contributed by atoms with Gasteiger partial charge in [0.15, 0.2) is 5.58 Å². The van der Waals surface area contributed by atoms with E-state index in [1.807, 2.05) is 0 Å². The van der Waals surface area contributed by atoms with Gasteiger partial charge < -0.3 is 14.8 Å². The number of carboxylic acids is 1. The summed E-state index contributed by atoms with van der Waals surface area (Å²) >= 11 is 0. The number of hydrogen-bond donors (Lipinski definition) is 2. The number of oxazole rings is 1. The molecule has 184 valence electrons. The first-order valence-electron chi connectivity index (χ1n) is 10.3. The summed E-state index contributed by atoms with van der Waals surface area (Å²) in [7, 11) is 0. The summed E-state index contributed by atoms with van der Waals surface area (Å²) < 4.78 is 72.1. The van der Waals surface area contributed by atoms with Crippen molar-refractivity contribution in [1.82, 2.24) is 4.98 Å². The van der Waals surface area contributed by atoms with Crippen molar-refractivity contribution in [3.63, 3.8) is 0 Å². The number of carbonyl (C=O) groups excluding carboxylic acids is 1. The summed E-state index contributed by atoms with van der Waals surface area (Å²) in [5.74, 6) is -3.75. The average molecular weight is 502 g/mol. The van der Waals surface area contributed by atoms with Crippen LogP contribution in [-0.4, -0.2) is 22.0 Å². The van der Waals surface area contributed by atoms with Crippen molar-refractivity contribution in [1.29, 1.82) is 0 Å². The molecule has 0 spiro atoms. The standard InChI is InChI=1S/C25H15F5N2O4/c26-17-8-13(7-16(12-17)25(28,29)30)2-6-22(33)31-19-4-3-15(11-18(19)27)24-32-20-9-14(10-23(34)35)1-5-21(20)36-24/h1-9,11-12H,10H2,(H,31,33)(H,34,35)/b6-2+. The molecule has 0 radical (unpaired) electrons. The summed E-state index contributed by atoms with van der Waals surface area (Å²) in [6.45, 7) is 0. The summed E-state index contributed by atoms with van der Waals surface area (Å²) in [6, 6.07) is 10.2. The number of alkyl halides is 3. The maximum Gasteiger partial charge on any atom is 0.416 e. The van der Waals surface area contributed by atoms with E-state index in [-0.39, 0.29) is 29.1 Å². The van der Waals surface area contributed by atoms with Gasteiger partial charge in [-0.15, -0.1) is 0 Å². The second-order valence-electron chi connectivity index (χ2n) is 7.68. The molecule has 1 aromatic heterocycles. The first-order chi connectivity index (χ1) is 17.0. The molecule has 0 saturated heterocycles. The number of carbonyl (C=O) groups is 2. The highest BCUT2D eigenvalue weighted by Gasteiger charge is 2.31. The van der Waals surface area contributed by atoms with E-state index in [1.165, 1.54) is 12.1 Å². The number of fused-ring (bicyclic) bond motifs is 1. The minimum atomic E-state index is -4.76. The molecule has 0 fully saturated rings. The average Bonchev–Trinajstić information content (AvgIpc) is 3.21. The normalized spacial score (nSPS) is 11.8. The van der Waals surface area contributed by atoms with Crippen LogP contribution in [0.2, 0.25) is 0 Å². The fraction of sp³-hybridized carbons (Fsp3) is 0.0800. The minimum Gasteiger partial charge on any atom is -0.481 e. The lowest BCUT2D eigenvalue weighted by Crippen LogP contribution is -2.09. The van der Waals surface area contributed by atoms with Crippen LogP contribution in [-0.2, 0) is 22.2 Å². The smallest absolute Gasteiger partial charge is 0.416 e. The summed E-state index contributed by atoms with van der Waals surface area (Å²) in [6.07, 6.45) is -3.14. The molecular formula is C25H15F5N2O4. The molecule has 0 unspecified atom stereocenters. The molecule has 0 bridgehead atoms. The molecule has 0 atom stereocenters. The van der Waals surface area contributed by atoms with Crippen LogP contribution < -0.4 is 5.32 Å². The van der Waals surface area contributed by atoms with Crippen LogP contribution in [0.5, 0.6) is 0 Å². The number of halogens is 5. The van der Waals surface area contributed by atoms with Crippen LogP contribution in [0.1, 0.15) is 16.7 Å². The predicted octanol–water partition coefficient (Wildman–Crippen LogP) is 6.07. The highest BCUT2D eigenvalue weighted by molar-refractivity contribution is 6.02. The van der Waals surface area contributed by atoms with Crippen LogP contribution in [0, 0.1) is 11.6 Å². The number of anilines is 1. The Morgan fingerprint density at radius 2 is 1.81 bits per heavy atom. The van der Waals surface area contributed by atoms with E-state index in [0.29, 0.717) is 28.8 Å². The van der Waals surface area contributed by atoms with Crippen LogP contribution in [0.3, 0.4) is 0 Å². The third kappa shape index (κ3) is 5.74. The second-order valence-corrected chi connectivity index (χ2v) is 7.68. The number of carboxylic acid groups (broad SMARTS) is 1. The fourth-order valence-corrected chi connectivity index (χ4v) is 3.35. The topological polar surface area (TPSA) is 92.4 Å². The van der Waals surface area contributed by atoms with Gasteiger partial charge in [0.1, 0.15) is 17.2 Å². The molecule has 4 rings (SSSR count). The SMILES string of the molecule is O=C(O)Cc1ccc2oc(-c3ccc(NC(=O)/C=C/c4cc(F)cc(C(F)(F)F)c4)c(F)c3)nc2c1. The van der Waals surface area contributed by atoms with Crippen molar-refractivity contribution in [2.24, 2.45) is 0 Å². The van der Waals surface area contributed by atoms with Crippen molar-refractivity contribution in [2.45, 2.75) is 12.6 Å². The van der Waals surface area contributed by atoms with Crippen LogP contribution in [0.25, 0.3) is 28.6 Å². The highest BCUT2D eigenvalue weighted by atomic mass is 19.4. The molecule has 1 heterocycles. The Hall–Kier alpha value is -4.54. The zero-order chi connectivity index (χ0) is 26.0. The number of aliphatic carboxylic acids is 1. The van der Waals surface area contributed by atoms with Crippen molar-refractivity contribution in [3.8, 4) is 11.5 Å². The molecule has 0 saturated carbocycles. The summed E-state index contributed by atoms with van der Waals surface area (Å²) in [4.78, 5) is 27.3. The van der Waals surface area contributed by atoms with E-state index in [0.717, 1.165) is 24.3 Å². The molecule has 36 heavy (non-hydrogen) atoms. The van der Waals surface area contributed by atoms with Crippen LogP contribution >= 0.6 is 0 Å². The molecule has 11 heteroatoms. The van der Waals surface area contributed by atoms with Crippen molar-refractivity contribution in [3.05, 3.63) is 89.0 Å². The van der Waals surface area contributed by atoms with Gasteiger partial charge >= 0.3 is 12.1 Å². The molecule has 3 aromatic carbocycles. The Balaban J connectivity index is 1.49. The van der Waals surface area contributed by atoms with Gasteiger partial charge in [0, 0.05) is 11.6 Å². The van der Waals surface area contributed by atoms with Crippen LogP contribution in [0.4, 0.5) is 27.6 Å². The number of nitrogens with zero attached hydrogens (tertiary/aromatic N) is 1. The summed E-state index contributed by atoms with van der Waals surface area (Å²) in [5, 5.41) is 11.2. The lowest BCUT2D eigenvalue weighted by Gasteiger charge is -2.08. The van der Waals surface area contributed by atoms with E-state index >= 15 is 0 Å². The Bertz CT molecular complexity index is 1510. The zero-order valence-corrected chi connectivity index (χ0v) is 18.1. The highest BCUT2D eigenvalue weighted by Crippen LogP contribution is 2.31. The Labute approximate surface area is 199 Å². The molecular weight excluding hydrogens is 487 g/mol. The molecule has 4 aromatic rings. The third-order valence-electron chi connectivity index (χ3n) is 4.96. The Kier molecular flexibility index (Phi) is 6.56. The van der Waals surface area contributed by atoms with E-state index in [4.69, 9.17) is 9.52 Å². The Morgan fingerprint density at radius 1 is 1.03 bits per heavy atom. The molecule has 0 aliphatic rings. The van der Waals surface area contributed by atoms with Gasteiger partial charge in [-0.05, 0) is 65.7 Å². The molecule has 6 nitrogen and oxygen atoms in total. The van der Waals surface area contributed by atoms with Gasteiger partial charge in [-0.3, -0.25) is 9.59 Å². The van der Waals surface area contributed by atoms with Gasteiger partial charge in [0.2, 0.25) is 11.8 Å². The Morgan fingerprint density at radius 3 is 2.50 bits per heavy atom. The van der Waals surface area contributed by atoms with E-state index < -0.39 is 35.3 Å². The first kappa shape index (κ1) is 24.6. The van der Waals surface area contributed by atoms with E-state index in [1.54, 1.807) is 18.2 Å². The monoisotopic (exact) mass is 502 g/mol. The van der Waals surface area contributed by atoms with Gasteiger partial charge in [0.25, 0.3) is 0 Å². The lowest BCUT2D eigenvalue weighted by molar-refractivity contribution is -0.138. The zero-order valence-electron chi connectivity index (χ0n) is 18.1. The largest absolute Gasteiger partial charge is 0.481 e. The quantitative estimate of drug-likeness (QED) is 0.247. The molecule has 1 amide bonds. The van der Waals surface area contributed by atoms with Gasteiger partial charge in [-0.25, -0.2) is 13.8 Å². The van der Waals surface area contributed by atoms with Gasteiger partial charge in [0.05, 0.1) is 17.7 Å². The maximum absolute atomic E-state index is 14.6. The summed E-state index contributed by atoms with van der Waals surface area (Å²) in [5.41, 5.74) is -0.108. The lowest BCUT2D eigenvalue weighted by atomic mass is 10.1. The molecule has 2 N–H and O–H groups in total. The first-order valence-corrected chi connectivity index (χ1v) is 10.3.